The standard InChI is InChI=1S/C13H18FNO3/c1-9(13(16)17)7-15(2)8-10-4-5-11(18-3)6-12(10)14/h4-6,9H,7-8H2,1-3H3,(H,16,17). The molecule has 0 bridgehead atoms. The molecule has 0 aliphatic carbocycles. The number of rotatable bonds is 6. The molecule has 0 amide bonds. The Kier molecular flexibility index (Phi) is 5.09. The Hall–Kier alpha value is -1.62. The lowest BCUT2D eigenvalue weighted by atomic mass is 10.1. The summed E-state index contributed by atoms with van der Waals surface area (Å²) < 4.78 is 18.6. The maximum absolute atomic E-state index is 13.7. The largest absolute Gasteiger partial charge is 0.497 e. The number of benzene rings is 1. The third kappa shape index (κ3) is 4.00. The maximum Gasteiger partial charge on any atom is 0.307 e. The van der Waals surface area contributed by atoms with Gasteiger partial charge in [0.05, 0.1) is 13.0 Å². The summed E-state index contributed by atoms with van der Waals surface area (Å²) in [4.78, 5) is 12.5. The fourth-order valence-corrected chi connectivity index (χ4v) is 1.68. The third-order valence-corrected chi connectivity index (χ3v) is 2.71. The molecule has 1 aromatic rings. The van der Waals surface area contributed by atoms with Crippen LogP contribution in [0.1, 0.15) is 12.5 Å². The zero-order valence-electron chi connectivity index (χ0n) is 10.8. The van der Waals surface area contributed by atoms with Crippen LogP contribution in [0.3, 0.4) is 0 Å². The summed E-state index contributed by atoms with van der Waals surface area (Å²) in [6, 6.07) is 4.66. The lowest BCUT2D eigenvalue weighted by Gasteiger charge is -2.19. The molecule has 18 heavy (non-hydrogen) atoms. The minimum absolute atomic E-state index is 0.343. The number of nitrogens with zero attached hydrogens (tertiary/aromatic N) is 1. The van der Waals surface area contributed by atoms with Gasteiger partial charge < -0.3 is 14.7 Å². The lowest BCUT2D eigenvalue weighted by molar-refractivity contribution is -0.141. The molecule has 0 saturated heterocycles. The lowest BCUT2D eigenvalue weighted by Crippen LogP contribution is -2.28. The van der Waals surface area contributed by atoms with E-state index in [-0.39, 0.29) is 5.82 Å². The maximum atomic E-state index is 13.7. The molecule has 0 aromatic heterocycles. The fraction of sp³-hybridized carbons (Fsp3) is 0.462. The highest BCUT2D eigenvalue weighted by Gasteiger charge is 2.14. The molecule has 0 heterocycles. The van der Waals surface area contributed by atoms with Crippen molar-refractivity contribution in [2.75, 3.05) is 20.7 Å². The van der Waals surface area contributed by atoms with Crippen LogP contribution in [0.5, 0.6) is 5.75 Å². The monoisotopic (exact) mass is 255 g/mol. The van der Waals surface area contributed by atoms with Gasteiger partial charge in [-0.15, -0.1) is 0 Å². The molecule has 1 atom stereocenters. The van der Waals surface area contributed by atoms with Crippen molar-refractivity contribution in [3.05, 3.63) is 29.6 Å². The van der Waals surface area contributed by atoms with Crippen LogP contribution >= 0.6 is 0 Å². The van der Waals surface area contributed by atoms with Gasteiger partial charge in [0.15, 0.2) is 0 Å². The Morgan fingerprint density at radius 3 is 2.72 bits per heavy atom. The molecule has 0 saturated carbocycles. The Balaban J connectivity index is 2.64. The number of carboxylic acids is 1. The Labute approximate surface area is 106 Å². The van der Waals surface area contributed by atoms with Crippen LogP contribution in [-0.2, 0) is 11.3 Å². The quantitative estimate of drug-likeness (QED) is 0.844. The van der Waals surface area contributed by atoms with E-state index in [1.54, 1.807) is 31.0 Å². The minimum Gasteiger partial charge on any atom is -0.497 e. The fourth-order valence-electron chi connectivity index (χ4n) is 1.68. The van der Waals surface area contributed by atoms with E-state index in [0.717, 1.165) is 0 Å². The number of carbonyl (C=O) groups is 1. The highest BCUT2D eigenvalue weighted by Crippen LogP contribution is 2.17. The average molecular weight is 255 g/mol. The van der Waals surface area contributed by atoms with Gasteiger partial charge in [-0.1, -0.05) is 13.0 Å². The first-order valence-corrected chi connectivity index (χ1v) is 5.67. The normalized spacial score (nSPS) is 12.5. The van der Waals surface area contributed by atoms with Gasteiger partial charge >= 0.3 is 5.97 Å². The van der Waals surface area contributed by atoms with Crippen molar-refractivity contribution in [3.8, 4) is 5.75 Å². The number of ether oxygens (including phenoxy) is 1. The third-order valence-electron chi connectivity index (χ3n) is 2.71. The molecular weight excluding hydrogens is 237 g/mol. The first kappa shape index (κ1) is 14.4. The summed E-state index contributed by atoms with van der Waals surface area (Å²) in [6.45, 7) is 2.37. The van der Waals surface area contributed by atoms with Gasteiger partial charge in [-0.05, 0) is 13.1 Å². The van der Waals surface area contributed by atoms with Gasteiger partial charge in [-0.3, -0.25) is 4.79 Å². The van der Waals surface area contributed by atoms with Crippen LogP contribution in [-0.4, -0.2) is 36.7 Å². The van der Waals surface area contributed by atoms with Crippen LogP contribution in [0.15, 0.2) is 18.2 Å². The van der Waals surface area contributed by atoms with Crippen LogP contribution in [0, 0.1) is 11.7 Å². The van der Waals surface area contributed by atoms with Gasteiger partial charge in [0, 0.05) is 24.7 Å². The minimum atomic E-state index is -0.850. The number of carboxylic acid groups (broad SMARTS) is 1. The van der Waals surface area contributed by atoms with Crippen molar-refractivity contribution in [3.63, 3.8) is 0 Å². The molecule has 0 spiro atoms. The summed E-state index contributed by atoms with van der Waals surface area (Å²) in [5, 5.41) is 8.80. The van der Waals surface area contributed by atoms with E-state index in [9.17, 15) is 9.18 Å². The average Bonchev–Trinajstić information content (AvgIpc) is 2.31. The topological polar surface area (TPSA) is 49.8 Å². The van der Waals surface area contributed by atoms with E-state index in [1.165, 1.54) is 13.2 Å². The van der Waals surface area contributed by atoms with E-state index in [0.29, 0.717) is 24.4 Å². The predicted octanol–water partition coefficient (Wildman–Crippen LogP) is 1.99. The molecule has 5 heteroatoms. The number of hydrogen-bond acceptors (Lipinski definition) is 3. The molecule has 1 unspecified atom stereocenters. The van der Waals surface area contributed by atoms with Gasteiger partial charge in [-0.25, -0.2) is 4.39 Å². The summed E-state index contributed by atoms with van der Waals surface area (Å²) in [6.07, 6.45) is 0. The van der Waals surface area contributed by atoms with Crippen molar-refractivity contribution in [1.29, 1.82) is 0 Å². The molecule has 0 aliphatic rings. The second kappa shape index (κ2) is 6.35. The molecule has 0 aliphatic heterocycles. The SMILES string of the molecule is COc1ccc(CN(C)CC(C)C(=O)O)c(F)c1. The molecule has 1 rings (SSSR count). The molecule has 4 nitrogen and oxygen atoms in total. The molecule has 1 N–H and O–H groups in total. The molecular formula is C13H18FNO3. The van der Waals surface area contributed by atoms with E-state index in [4.69, 9.17) is 9.84 Å². The van der Waals surface area contributed by atoms with Crippen LogP contribution in [0.25, 0.3) is 0 Å². The van der Waals surface area contributed by atoms with Crippen molar-refractivity contribution < 1.29 is 19.0 Å². The number of aliphatic carboxylic acids is 1. The summed E-state index contributed by atoms with van der Waals surface area (Å²) in [5.74, 6) is -1.20. The van der Waals surface area contributed by atoms with Crippen molar-refractivity contribution in [2.24, 2.45) is 5.92 Å². The highest BCUT2D eigenvalue weighted by atomic mass is 19.1. The summed E-state index contributed by atoms with van der Waals surface area (Å²) >= 11 is 0. The number of methoxy groups -OCH3 is 1. The van der Waals surface area contributed by atoms with E-state index in [1.807, 2.05) is 0 Å². The van der Waals surface area contributed by atoms with E-state index >= 15 is 0 Å². The van der Waals surface area contributed by atoms with Crippen molar-refractivity contribution >= 4 is 5.97 Å². The van der Waals surface area contributed by atoms with Crippen LogP contribution in [0.2, 0.25) is 0 Å². The van der Waals surface area contributed by atoms with Crippen molar-refractivity contribution in [1.82, 2.24) is 4.90 Å². The zero-order valence-corrected chi connectivity index (χ0v) is 10.8. The summed E-state index contributed by atoms with van der Waals surface area (Å²) in [7, 11) is 3.25. The Bertz CT molecular complexity index is 423. The second-order valence-corrected chi connectivity index (χ2v) is 4.39. The van der Waals surface area contributed by atoms with Gasteiger partial charge in [0.1, 0.15) is 11.6 Å². The predicted molar refractivity (Wildman–Crippen MR) is 66.1 cm³/mol. The second-order valence-electron chi connectivity index (χ2n) is 4.39. The van der Waals surface area contributed by atoms with E-state index < -0.39 is 11.9 Å². The van der Waals surface area contributed by atoms with E-state index in [2.05, 4.69) is 0 Å². The van der Waals surface area contributed by atoms with Crippen molar-refractivity contribution in [2.45, 2.75) is 13.5 Å². The Morgan fingerprint density at radius 2 is 2.22 bits per heavy atom. The smallest absolute Gasteiger partial charge is 0.307 e. The highest BCUT2D eigenvalue weighted by molar-refractivity contribution is 5.69. The molecule has 1 aromatic carbocycles. The first-order valence-electron chi connectivity index (χ1n) is 5.67. The zero-order chi connectivity index (χ0) is 13.7. The first-order chi connectivity index (χ1) is 8.43. The molecule has 0 radical (unpaired) electrons. The van der Waals surface area contributed by atoms with Gasteiger partial charge in [-0.2, -0.15) is 0 Å². The van der Waals surface area contributed by atoms with Crippen LogP contribution in [0.4, 0.5) is 4.39 Å². The number of hydrogen-bond donors (Lipinski definition) is 1. The summed E-state index contributed by atoms with van der Waals surface area (Å²) in [5.41, 5.74) is 0.524. The van der Waals surface area contributed by atoms with Gasteiger partial charge in [0.2, 0.25) is 0 Å². The molecule has 0 fully saturated rings. The molecule has 100 valence electrons. The Morgan fingerprint density at radius 1 is 1.56 bits per heavy atom. The number of halogens is 1. The van der Waals surface area contributed by atoms with Crippen LogP contribution < -0.4 is 4.74 Å². The van der Waals surface area contributed by atoms with Gasteiger partial charge in [0.25, 0.3) is 0 Å².